The molecule has 0 amide bonds. The Labute approximate surface area is 179 Å². The summed E-state index contributed by atoms with van der Waals surface area (Å²) in [4.78, 5) is 0.129. The van der Waals surface area contributed by atoms with Crippen LogP contribution in [0, 0.1) is 0 Å². The molecule has 30 heavy (non-hydrogen) atoms. The van der Waals surface area contributed by atoms with E-state index in [1.807, 2.05) is 6.92 Å². The second kappa shape index (κ2) is 18.6. The molecule has 0 unspecified atom stereocenters. The molecule has 0 heterocycles. The fourth-order valence-electron chi connectivity index (χ4n) is 2.10. The minimum absolute atomic E-state index is 0.0438. The third-order valence-corrected chi connectivity index (χ3v) is 4.89. The normalized spacial score (nSPS) is 11.8. The summed E-state index contributed by atoms with van der Waals surface area (Å²) in [6.45, 7) is 7.67. The van der Waals surface area contributed by atoms with Crippen molar-refractivity contribution in [2.75, 3.05) is 85.9 Å². The zero-order valence-electron chi connectivity index (χ0n) is 17.7. The largest absolute Gasteiger partial charge is 0.379 e. The lowest BCUT2D eigenvalue weighted by atomic mass is 10.4. The van der Waals surface area contributed by atoms with Crippen LogP contribution in [0.2, 0.25) is 0 Å². The second-order valence-electron chi connectivity index (χ2n) is 5.85. The molecular weight excluding hydrogens is 416 g/mol. The Balaban J connectivity index is 1.79. The maximum Gasteiger partial charge on any atom is 0.297 e. The van der Waals surface area contributed by atoms with Crippen LogP contribution >= 0.6 is 0 Å². The van der Waals surface area contributed by atoms with Crippen molar-refractivity contribution in [1.82, 2.24) is 0 Å². The van der Waals surface area contributed by atoms with Crippen LogP contribution < -0.4 is 0 Å². The fraction of sp³-hybridized carbons (Fsp3) is 0.700. The van der Waals surface area contributed by atoms with Crippen LogP contribution in [-0.4, -0.2) is 94.3 Å². The summed E-state index contributed by atoms with van der Waals surface area (Å²) in [7, 11) is -3.73. The molecule has 0 fully saturated rings. The van der Waals surface area contributed by atoms with Gasteiger partial charge in [-0.15, -0.1) is 0 Å². The molecular formula is C20H34O9S. The summed E-state index contributed by atoms with van der Waals surface area (Å²) >= 11 is 0. The Bertz CT molecular complexity index is 596. The summed E-state index contributed by atoms with van der Waals surface area (Å²) in [5, 5.41) is 0. The lowest BCUT2D eigenvalue weighted by Gasteiger charge is -2.08. The summed E-state index contributed by atoms with van der Waals surface area (Å²) in [5.41, 5.74) is 0. The highest BCUT2D eigenvalue weighted by atomic mass is 32.2. The highest BCUT2D eigenvalue weighted by Crippen LogP contribution is 2.10. The number of hydrogen-bond acceptors (Lipinski definition) is 9. The van der Waals surface area contributed by atoms with Gasteiger partial charge in [-0.2, -0.15) is 8.42 Å². The third-order valence-electron chi connectivity index (χ3n) is 3.56. The monoisotopic (exact) mass is 450 g/mol. The van der Waals surface area contributed by atoms with Gasteiger partial charge < -0.3 is 28.4 Å². The Morgan fingerprint density at radius 3 is 1.33 bits per heavy atom. The van der Waals surface area contributed by atoms with Crippen molar-refractivity contribution in [3.63, 3.8) is 0 Å². The molecule has 1 aromatic rings. The Kier molecular flexibility index (Phi) is 16.7. The van der Waals surface area contributed by atoms with Crippen LogP contribution in [0.1, 0.15) is 6.92 Å². The minimum atomic E-state index is -3.73. The predicted molar refractivity (Wildman–Crippen MR) is 110 cm³/mol. The maximum absolute atomic E-state index is 11.9. The summed E-state index contributed by atoms with van der Waals surface area (Å²) < 4.78 is 60.5. The van der Waals surface area contributed by atoms with Gasteiger partial charge in [-0.3, -0.25) is 4.18 Å². The van der Waals surface area contributed by atoms with Gasteiger partial charge in [0, 0.05) is 6.61 Å². The van der Waals surface area contributed by atoms with E-state index in [1.54, 1.807) is 18.2 Å². The highest BCUT2D eigenvalue weighted by molar-refractivity contribution is 7.86. The SMILES string of the molecule is CCOCCOCCOCCOCCOCCOCCOS(=O)(=O)c1ccccc1. The molecule has 1 aromatic carbocycles. The van der Waals surface area contributed by atoms with Crippen molar-refractivity contribution < 1.29 is 41.0 Å². The molecule has 9 nitrogen and oxygen atoms in total. The van der Waals surface area contributed by atoms with Crippen LogP contribution in [-0.2, 0) is 42.7 Å². The Morgan fingerprint density at radius 2 is 0.933 bits per heavy atom. The van der Waals surface area contributed by atoms with Crippen LogP contribution in [0.3, 0.4) is 0 Å². The molecule has 174 valence electrons. The van der Waals surface area contributed by atoms with Crippen LogP contribution in [0.25, 0.3) is 0 Å². The van der Waals surface area contributed by atoms with Gasteiger partial charge in [-0.25, -0.2) is 0 Å². The molecule has 0 radical (unpaired) electrons. The van der Waals surface area contributed by atoms with Crippen molar-refractivity contribution in [1.29, 1.82) is 0 Å². The van der Waals surface area contributed by atoms with Gasteiger partial charge in [0.05, 0.1) is 84.2 Å². The lowest BCUT2D eigenvalue weighted by Crippen LogP contribution is -2.15. The van der Waals surface area contributed by atoms with Gasteiger partial charge in [-0.05, 0) is 19.1 Å². The molecule has 0 N–H and O–H groups in total. The molecule has 0 aliphatic rings. The predicted octanol–water partition coefficient (Wildman–Crippen LogP) is 1.51. The van der Waals surface area contributed by atoms with E-state index in [1.165, 1.54) is 12.1 Å². The van der Waals surface area contributed by atoms with E-state index in [0.717, 1.165) is 0 Å². The van der Waals surface area contributed by atoms with Crippen molar-refractivity contribution in [3.05, 3.63) is 30.3 Å². The van der Waals surface area contributed by atoms with Crippen LogP contribution in [0.4, 0.5) is 0 Å². The topological polar surface area (TPSA) is 98.8 Å². The molecule has 0 bridgehead atoms. The summed E-state index contributed by atoms with van der Waals surface area (Å²) in [6.07, 6.45) is 0. The van der Waals surface area contributed by atoms with Crippen molar-refractivity contribution in [3.8, 4) is 0 Å². The van der Waals surface area contributed by atoms with E-state index < -0.39 is 10.1 Å². The first-order valence-corrected chi connectivity index (χ1v) is 11.5. The van der Waals surface area contributed by atoms with E-state index in [-0.39, 0.29) is 18.1 Å². The maximum atomic E-state index is 11.9. The van der Waals surface area contributed by atoms with Crippen molar-refractivity contribution in [2.24, 2.45) is 0 Å². The van der Waals surface area contributed by atoms with E-state index in [9.17, 15) is 8.42 Å². The molecule has 10 heteroatoms. The molecule has 0 saturated heterocycles. The average Bonchev–Trinajstić information content (AvgIpc) is 2.76. The Hall–Kier alpha value is -1.11. The fourth-order valence-corrected chi connectivity index (χ4v) is 3.02. The van der Waals surface area contributed by atoms with Gasteiger partial charge in [0.1, 0.15) is 0 Å². The molecule has 0 aliphatic heterocycles. The molecule has 1 rings (SSSR count). The molecule has 0 atom stereocenters. The van der Waals surface area contributed by atoms with Gasteiger partial charge in [0.15, 0.2) is 0 Å². The molecule has 0 saturated carbocycles. The first kappa shape index (κ1) is 26.9. The average molecular weight is 451 g/mol. The van der Waals surface area contributed by atoms with Crippen LogP contribution in [0.15, 0.2) is 35.2 Å². The van der Waals surface area contributed by atoms with Crippen LogP contribution in [0.5, 0.6) is 0 Å². The zero-order chi connectivity index (χ0) is 21.8. The smallest absolute Gasteiger partial charge is 0.297 e. The number of benzene rings is 1. The molecule has 0 aromatic heterocycles. The van der Waals surface area contributed by atoms with E-state index in [2.05, 4.69) is 0 Å². The van der Waals surface area contributed by atoms with Gasteiger partial charge in [-0.1, -0.05) is 18.2 Å². The first-order valence-electron chi connectivity index (χ1n) is 10.1. The first-order chi connectivity index (χ1) is 14.7. The van der Waals surface area contributed by atoms with Gasteiger partial charge in [0.2, 0.25) is 0 Å². The number of hydrogen-bond donors (Lipinski definition) is 0. The summed E-state index contributed by atoms with van der Waals surface area (Å²) in [5.74, 6) is 0. The highest BCUT2D eigenvalue weighted by Gasteiger charge is 2.13. The Morgan fingerprint density at radius 1 is 0.567 bits per heavy atom. The molecule has 0 spiro atoms. The standard InChI is InChI=1S/C20H34O9S/c1-2-23-8-9-24-10-11-25-12-13-26-14-15-27-16-17-28-18-19-29-30(21,22)20-6-4-3-5-7-20/h3-7H,2,8-19H2,1H3. The lowest BCUT2D eigenvalue weighted by molar-refractivity contribution is -0.0172. The van der Waals surface area contributed by atoms with Gasteiger partial charge in [0.25, 0.3) is 10.1 Å². The number of ether oxygens (including phenoxy) is 6. The summed E-state index contributed by atoms with van der Waals surface area (Å²) in [6, 6.07) is 7.99. The van der Waals surface area contributed by atoms with E-state index in [0.29, 0.717) is 72.7 Å². The quantitative estimate of drug-likeness (QED) is 0.204. The van der Waals surface area contributed by atoms with Gasteiger partial charge >= 0.3 is 0 Å². The van der Waals surface area contributed by atoms with E-state index >= 15 is 0 Å². The van der Waals surface area contributed by atoms with E-state index in [4.69, 9.17) is 32.6 Å². The minimum Gasteiger partial charge on any atom is -0.379 e. The molecule has 0 aliphatic carbocycles. The second-order valence-corrected chi connectivity index (χ2v) is 7.46. The van der Waals surface area contributed by atoms with Crippen molar-refractivity contribution in [2.45, 2.75) is 11.8 Å². The van der Waals surface area contributed by atoms with Crippen molar-refractivity contribution >= 4 is 10.1 Å². The third kappa shape index (κ3) is 14.8. The zero-order valence-corrected chi connectivity index (χ0v) is 18.5. The number of rotatable bonds is 21.